The third-order valence-corrected chi connectivity index (χ3v) is 3.90. The summed E-state index contributed by atoms with van der Waals surface area (Å²) in [5, 5.41) is -0.443. The van der Waals surface area contributed by atoms with Gasteiger partial charge in [0.2, 0.25) is 5.91 Å². The second-order valence-corrected chi connectivity index (χ2v) is 5.25. The van der Waals surface area contributed by atoms with Gasteiger partial charge in [-0.1, -0.05) is 0 Å². The predicted molar refractivity (Wildman–Crippen MR) is 69.3 cm³/mol. The van der Waals surface area contributed by atoms with Crippen LogP contribution in [0, 0.1) is 0 Å². The van der Waals surface area contributed by atoms with Crippen molar-refractivity contribution in [3.05, 3.63) is 30.1 Å². The minimum absolute atomic E-state index is 0.0709. The Labute approximate surface area is 106 Å². The van der Waals surface area contributed by atoms with E-state index in [1.165, 1.54) is 11.8 Å². The molecule has 2 heterocycles. The molecule has 2 rings (SSSR count). The van der Waals surface area contributed by atoms with E-state index in [2.05, 4.69) is 4.98 Å². The molecule has 1 amide bonds. The van der Waals surface area contributed by atoms with Gasteiger partial charge in [0.25, 0.3) is 0 Å². The number of pyridine rings is 1. The summed E-state index contributed by atoms with van der Waals surface area (Å²) in [6.45, 7) is 1.73. The number of thioether (sulfide) groups is 1. The van der Waals surface area contributed by atoms with Crippen molar-refractivity contribution >= 4 is 17.7 Å². The first-order chi connectivity index (χ1) is 8.27. The smallest absolute Gasteiger partial charge is 0.249 e. The first kappa shape index (κ1) is 12.4. The Balaban J connectivity index is 1.80. The van der Waals surface area contributed by atoms with Crippen LogP contribution in [0.25, 0.3) is 0 Å². The Morgan fingerprint density at radius 3 is 2.71 bits per heavy atom. The molecule has 2 N–H and O–H groups in total. The highest BCUT2D eigenvalue weighted by Crippen LogP contribution is 2.18. The van der Waals surface area contributed by atoms with Crippen molar-refractivity contribution in [1.29, 1.82) is 0 Å². The third kappa shape index (κ3) is 3.44. The van der Waals surface area contributed by atoms with Crippen molar-refractivity contribution in [2.75, 3.05) is 13.1 Å². The van der Waals surface area contributed by atoms with Gasteiger partial charge in [-0.15, -0.1) is 11.8 Å². The Morgan fingerprint density at radius 1 is 1.41 bits per heavy atom. The summed E-state index contributed by atoms with van der Waals surface area (Å²) < 4.78 is 0. The van der Waals surface area contributed by atoms with Gasteiger partial charge in [-0.05, 0) is 30.5 Å². The van der Waals surface area contributed by atoms with Crippen molar-refractivity contribution in [1.82, 2.24) is 9.88 Å². The molecule has 1 fully saturated rings. The molecule has 0 spiro atoms. The lowest BCUT2D eigenvalue weighted by Crippen LogP contribution is -2.40. The molecule has 4 nitrogen and oxygen atoms in total. The second-order valence-electron chi connectivity index (χ2n) is 4.12. The van der Waals surface area contributed by atoms with Crippen LogP contribution in [0.5, 0.6) is 0 Å². The molecule has 1 aromatic rings. The van der Waals surface area contributed by atoms with Gasteiger partial charge in [0.15, 0.2) is 0 Å². The minimum Gasteiger partial charge on any atom is -0.341 e. The third-order valence-electron chi connectivity index (χ3n) is 2.84. The molecule has 5 heteroatoms. The SMILES string of the molecule is NC(SCc1ccncc1)C(=O)N1CCCC1. The number of carbonyl (C=O) groups is 1. The molecule has 1 unspecified atom stereocenters. The predicted octanol–water partition coefficient (Wildman–Crippen LogP) is 1.22. The second kappa shape index (κ2) is 6.02. The van der Waals surface area contributed by atoms with Crippen LogP contribution in [-0.2, 0) is 10.5 Å². The highest BCUT2D eigenvalue weighted by molar-refractivity contribution is 7.99. The highest BCUT2D eigenvalue weighted by Gasteiger charge is 2.23. The number of aromatic nitrogens is 1. The molecule has 1 saturated heterocycles. The van der Waals surface area contributed by atoms with E-state index in [4.69, 9.17) is 5.73 Å². The summed E-state index contributed by atoms with van der Waals surface area (Å²) in [6.07, 6.45) is 5.72. The van der Waals surface area contributed by atoms with E-state index in [0.29, 0.717) is 0 Å². The van der Waals surface area contributed by atoms with Crippen LogP contribution in [-0.4, -0.2) is 34.3 Å². The van der Waals surface area contributed by atoms with Gasteiger partial charge < -0.3 is 10.6 Å². The molecule has 17 heavy (non-hydrogen) atoms. The molecule has 1 aliphatic heterocycles. The van der Waals surface area contributed by atoms with Gasteiger partial charge in [-0.25, -0.2) is 0 Å². The highest BCUT2D eigenvalue weighted by atomic mass is 32.2. The summed E-state index contributed by atoms with van der Waals surface area (Å²) in [4.78, 5) is 17.8. The molecular weight excluding hydrogens is 234 g/mol. The van der Waals surface area contributed by atoms with Gasteiger partial charge in [0.05, 0.1) is 0 Å². The topological polar surface area (TPSA) is 59.2 Å². The zero-order valence-electron chi connectivity index (χ0n) is 9.71. The molecule has 0 radical (unpaired) electrons. The number of nitrogens with zero attached hydrogens (tertiary/aromatic N) is 2. The van der Waals surface area contributed by atoms with Crippen LogP contribution in [0.1, 0.15) is 18.4 Å². The molecule has 0 aliphatic carbocycles. The maximum Gasteiger partial charge on any atom is 0.249 e. The summed E-state index contributed by atoms with van der Waals surface area (Å²) >= 11 is 1.48. The Morgan fingerprint density at radius 2 is 2.06 bits per heavy atom. The van der Waals surface area contributed by atoms with E-state index in [0.717, 1.165) is 37.2 Å². The number of hydrogen-bond acceptors (Lipinski definition) is 4. The molecule has 1 atom stereocenters. The maximum absolute atomic E-state index is 11.9. The van der Waals surface area contributed by atoms with Crippen molar-refractivity contribution in [2.45, 2.75) is 24.0 Å². The lowest BCUT2D eigenvalue weighted by Gasteiger charge is -2.19. The van der Waals surface area contributed by atoms with Gasteiger partial charge >= 0.3 is 0 Å². The molecule has 1 aliphatic rings. The number of rotatable bonds is 4. The van der Waals surface area contributed by atoms with Crippen molar-refractivity contribution < 1.29 is 4.79 Å². The zero-order valence-corrected chi connectivity index (χ0v) is 10.5. The van der Waals surface area contributed by atoms with Gasteiger partial charge in [0.1, 0.15) is 5.37 Å². The average Bonchev–Trinajstić information content (AvgIpc) is 2.90. The van der Waals surface area contributed by atoms with Gasteiger partial charge in [-0.2, -0.15) is 0 Å². The summed E-state index contributed by atoms with van der Waals surface area (Å²) in [7, 11) is 0. The number of amides is 1. The van der Waals surface area contributed by atoms with E-state index in [1.807, 2.05) is 17.0 Å². The van der Waals surface area contributed by atoms with E-state index in [1.54, 1.807) is 12.4 Å². The fraction of sp³-hybridized carbons (Fsp3) is 0.500. The largest absolute Gasteiger partial charge is 0.341 e. The van der Waals surface area contributed by atoms with Gasteiger partial charge in [0, 0.05) is 31.2 Å². The average molecular weight is 251 g/mol. The van der Waals surface area contributed by atoms with Crippen molar-refractivity contribution in [3.8, 4) is 0 Å². The van der Waals surface area contributed by atoms with E-state index < -0.39 is 5.37 Å². The quantitative estimate of drug-likeness (QED) is 0.818. The minimum atomic E-state index is -0.443. The van der Waals surface area contributed by atoms with E-state index in [9.17, 15) is 4.79 Å². The van der Waals surface area contributed by atoms with E-state index in [-0.39, 0.29) is 5.91 Å². The van der Waals surface area contributed by atoms with Crippen LogP contribution in [0.4, 0.5) is 0 Å². The molecule has 0 aromatic carbocycles. The van der Waals surface area contributed by atoms with E-state index >= 15 is 0 Å². The standard InChI is InChI=1S/C12H17N3OS/c13-11(12(16)15-7-1-2-8-15)17-9-10-3-5-14-6-4-10/h3-6,11H,1-2,7-9,13H2. The number of carbonyl (C=O) groups excluding carboxylic acids is 1. The fourth-order valence-electron chi connectivity index (χ4n) is 1.85. The van der Waals surface area contributed by atoms with Crippen molar-refractivity contribution in [2.24, 2.45) is 5.73 Å². The molecule has 1 aromatic heterocycles. The summed E-state index contributed by atoms with van der Waals surface area (Å²) in [6, 6.07) is 3.89. The number of hydrogen-bond donors (Lipinski definition) is 1. The van der Waals surface area contributed by atoms with Crippen LogP contribution < -0.4 is 5.73 Å². The molecular formula is C12H17N3OS. The fourth-order valence-corrected chi connectivity index (χ4v) is 2.71. The zero-order chi connectivity index (χ0) is 12.1. The van der Waals surface area contributed by atoms with Gasteiger partial charge in [-0.3, -0.25) is 9.78 Å². The van der Waals surface area contributed by atoms with Crippen LogP contribution in [0.2, 0.25) is 0 Å². The first-order valence-electron chi connectivity index (χ1n) is 5.82. The number of nitrogens with two attached hydrogens (primary N) is 1. The van der Waals surface area contributed by atoms with Crippen LogP contribution >= 0.6 is 11.8 Å². The van der Waals surface area contributed by atoms with Crippen LogP contribution in [0.15, 0.2) is 24.5 Å². The summed E-state index contributed by atoms with van der Waals surface area (Å²) in [5.41, 5.74) is 7.05. The molecule has 92 valence electrons. The Kier molecular flexibility index (Phi) is 4.39. The molecule has 0 bridgehead atoms. The lowest BCUT2D eigenvalue weighted by molar-refractivity contribution is -0.129. The Hall–Kier alpha value is -1.07. The first-order valence-corrected chi connectivity index (χ1v) is 6.87. The number of likely N-dealkylation sites (tertiary alicyclic amines) is 1. The Bertz CT molecular complexity index is 365. The van der Waals surface area contributed by atoms with Crippen LogP contribution in [0.3, 0.4) is 0 Å². The summed E-state index contributed by atoms with van der Waals surface area (Å²) in [5.74, 6) is 0.824. The normalized spacial score (nSPS) is 17.1. The molecule has 0 saturated carbocycles. The maximum atomic E-state index is 11.9. The monoisotopic (exact) mass is 251 g/mol. The lowest BCUT2D eigenvalue weighted by atomic mass is 10.3. The van der Waals surface area contributed by atoms with Crippen molar-refractivity contribution in [3.63, 3.8) is 0 Å².